The first-order valence-corrected chi connectivity index (χ1v) is 13.9. The highest BCUT2D eigenvalue weighted by molar-refractivity contribution is 6.26. The molecule has 0 spiro atoms. The van der Waals surface area contributed by atoms with E-state index >= 15 is 4.79 Å². The summed E-state index contributed by atoms with van der Waals surface area (Å²) in [4.78, 5) is 45.2. The number of hydrazone groups is 1. The summed E-state index contributed by atoms with van der Waals surface area (Å²) < 4.78 is 11.3. The molecule has 0 saturated heterocycles. The van der Waals surface area contributed by atoms with E-state index in [0.29, 0.717) is 22.7 Å². The molecule has 220 valence electrons. The lowest BCUT2D eigenvalue weighted by Crippen LogP contribution is -2.67. The number of nitrogens with one attached hydrogen (secondary N) is 1. The van der Waals surface area contributed by atoms with Gasteiger partial charge < -0.3 is 19.7 Å². The molecule has 9 heteroatoms. The third-order valence-corrected chi connectivity index (χ3v) is 7.77. The van der Waals surface area contributed by atoms with Crippen LogP contribution in [-0.4, -0.2) is 36.3 Å². The second-order valence-corrected chi connectivity index (χ2v) is 11.6. The fourth-order valence-corrected chi connectivity index (χ4v) is 5.91. The molecular formula is C34H34N4O5. The molecule has 0 radical (unpaired) electrons. The minimum atomic E-state index is -2.03. The van der Waals surface area contributed by atoms with Crippen molar-refractivity contribution in [3.63, 3.8) is 0 Å². The second kappa shape index (κ2) is 11.0. The quantitative estimate of drug-likeness (QED) is 0.379. The fraction of sp³-hybridized carbons (Fsp3) is 0.294. The average Bonchev–Trinajstić information content (AvgIpc) is 3.36. The van der Waals surface area contributed by atoms with E-state index in [0.717, 1.165) is 5.56 Å². The first-order valence-electron chi connectivity index (χ1n) is 13.9. The van der Waals surface area contributed by atoms with E-state index in [4.69, 9.17) is 15.9 Å². The van der Waals surface area contributed by atoms with Gasteiger partial charge in [0.05, 0.1) is 30.7 Å². The topological polar surface area (TPSA) is 101 Å². The van der Waals surface area contributed by atoms with Crippen LogP contribution >= 0.6 is 0 Å². The molecule has 0 bridgehead atoms. The largest absolute Gasteiger partial charge is 0.497 e. The van der Waals surface area contributed by atoms with Crippen LogP contribution in [0.2, 0.25) is 0 Å². The predicted molar refractivity (Wildman–Crippen MR) is 165 cm³/mol. The molecule has 2 heterocycles. The lowest BCUT2D eigenvalue weighted by atomic mass is 9.61. The van der Waals surface area contributed by atoms with Crippen LogP contribution in [0.3, 0.4) is 0 Å². The zero-order chi connectivity index (χ0) is 31.0. The Bertz CT molecular complexity index is 1640. The first-order chi connectivity index (χ1) is 20.5. The summed E-state index contributed by atoms with van der Waals surface area (Å²) in [7, 11) is 1.50. The van der Waals surface area contributed by atoms with E-state index in [1.54, 1.807) is 75.1 Å². The summed E-state index contributed by atoms with van der Waals surface area (Å²) in [6, 6.07) is 23.5. The number of anilines is 2. The van der Waals surface area contributed by atoms with Gasteiger partial charge in [-0.2, -0.15) is 10.1 Å². The van der Waals surface area contributed by atoms with E-state index in [1.807, 2.05) is 36.4 Å². The molecule has 0 aliphatic carbocycles. The second-order valence-electron chi connectivity index (χ2n) is 11.6. The van der Waals surface area contributed by atoms with Crippen LogP contribution in [0.25, 0.3) is 0 Å². The van der Waals surface area contributed by atoms with Gasteiger partial charge in [0.1, 0.15) is 16.8 Å². The first kappa shape index (κ1) is 29.4. The van der Waals surface area contributed by atoms with Crippen molar-refractivity contribution in [2.24, 2.45) is 10.5 Å². The molecule has 2 aliphatic rings. The van der Waals surface area contributed by atoms with Gasteiger partial charge in [-0.05, 0) is 63.6 Å². The molecule has 43 heavy (non-hydrogen) atoms. The van der Waals surface area contributed by atoms with Gasteiger partial charge in [-0.25, -0.2) is 4.79 Å². The number of nitrogens with zero attached hydrogens (tertiary/aromatic N) is 3. The van der Waals surface area contributed by atoms with Crippen molar-refractivity contribution in [3.05, 3.63) is 90.0 Å². The number of hydrogen-bond donors (Lipinski definition) is 1. The van der Waals surface area contributed by atoms with Crippen LogP contribution in [0.4, 0.5) is 16.2 Å². The summed E-state index contributed by atoms with van der Waals surface area (Å²) in [6.07, 6.45) is 4.85. The van der Waals surface area contributed by atoms with Crippen molar-refractivity contribution in [1.29, 1.82) is 0 Å². The molecule has 0 fully saturated rings. The molecule has 9 nitrogen and oxygen atoms in total. The number of rotatable bonds is 7. The number of benzene rings is 3. The Morgan fingerprint density at radius 3 is 2.26 bits per heavy atom. The fourth-order valence-electron chi connectivity index (χ4n) is 5.91. The summed E-state index contributed by atoms with van der Waals surface area (Å²) >= 11 is 0. The van der Waals surface area contributed by atoms with Crippen LogP contribution in [0.15, 0.2) is 84.0 Å². The van der Waals surface area contributed by atoms with Gasteiger partial charge in [0.15, 0.2) is 5.54 Å². The normalized spacial score (nSPS) is 21.3. The summed E-state index contributed by atoms with van der Waals surface area (Å²) in [5.74, 6) is 1.97. The van der Waals surface area contributed by atoms with Gasteiger partial charge in [-0.3, -0.25) is 9.59 Å². The molecule has 0 unspecified atom stereocenters. The van der Waals surface area contributed by atoms with Crippen molar-refractivity contribution >= 4 is 35.0 Å². The maximum atomic E-state index is 15.1. The molecule has 5 rings (SSSR count). The minimum Gasteiger partial charge on any atom is -0.497 e. The van der Waals surface area contributed by atoms with Crippen molar-refractivity contribution in [1.82, 2.24) is 5.32 Å². The van der Waals surface area contributed by atoms with Crippen molar-refractivity contribution in [2.75, 3.05) is 17.0 Å². The molecule has 2 atom stereocenters. The summed E-state index contributed by atoms with van der Waals surface area (Å²) in [6.45, 7) is 6.99. The zero-order valence-corrected chi connectivity index (χ0v) is 24.9. The number of carbonyl (C=O) groups is 3. The smallest absolute Gasteiger partial charge is 0.408 e. The highest BCUT2D eigenvalue weighted by Crippen LogP contribution is 2.56. The maximum absolute atomic E-state index is 15.1. The molecular weight excluding hydrogens is 544 g/mol. The number of terminal acetylenes is 1. The van der Waals surface area contributed by atoms with Gasteiger partial charge in [0.2, 0.25) is 0 Å². The average molecular weight is 579 g/mol. The highest BCUT2D eigenvalue weighted by atomic mass is 16.6. The van der Waals surface area contributed by atoms with Crippen molar-refractivity contribution in [2.45, 2.75) is 51.8 Å². The lowest BCUT2D eigenvalue weighted by Gasteiger charge is -2.43. The van der Waals surface area contributed by atoms with Crippen LogP contribution in [0, 0.1) is 17.8 Å². The van der Waals surface area contributed by atoms with E-state index < -0.39 is 34.5 Å². The standard InChI is InChI=1S/C34H34N4O5/c1-7-20-33(23(2)36-38(29(33)39)25-16-12-9-13-17-25)34(35-31(41)43-32(3,4)5)27-21-26(42-6)18-19-28(27)37(30(34)40)22-24-14-10-8-11-15-24/h1,8-19,21H,20,22H2,2-6H3,(H,35,41)/t33-,34-/m0/s1. The number of amides is 3. The number of alkyl carbamates (subject to hydrolysis) is 1. The van der Waals surface area contributed by atoms with E-state index in [-0.39, 0.29) is 18.7 Å². The van der Waals surface area contributed by atoms with Crippen LogP contribution in [-0.2, 0) is 26.4 Å². The molecule has 0 aromatic heterocycles. The minimum absolute atomic E-state index is 0.176. The van der Waals surface area contributed by atoms with Crippen molar-refractivity contribution < 1.29 is 23.9 Å². The molecule has 1 N–H and O–H groups in total. The van der Waals surface area contributed by atoms with Gasteiger partial charge in [-0.1, -0.05) is 48.5 Å². The summed E-state index contributed by atoms with van der Waals surface area (Å²) in [5.41, 5.74) is -2.26. The molecule has 0 saturated carbocycles. The van der Waals surface area contributed by atoms with Crippen molar-refractivity contribution in [3.8, 4) is 18.1 Å². The molecule has 2 aliphatic heterocycles. The van der Waals surface area contributed by atoms with Gasteiger partial charge in [-0.15, -0.1) is 12.3 Å². The molecule has 3 aromatic rings. The van der Waals surface area contributed by atoms with Crippen LogP contribution in [0.5, 0.6) is 5.75 Å². The van der Waals surface area contributed by atoms with E-state index in [1.165, 1.54) is 12.1 Å². The van der Waals surface area contributed by atoms with Gasteiger partial charge in [0.25, 0.3) is 11.8 Å². The lowest BCUT2D eigenvalue weighted by molar-refractivity contribution is -0.137. The Morgan fingerprint density at radius 1 is 1.00 bits per heavy atom. The summed E-state index contributed by atoms with van der Waals surface area (Å²) in [5, 5.41) is 8.79. The Kier molecular flexibility index (Phi) is 7.49. The van der Waals surface area contributed by atoms with Gasteiger partial charge in [0, 0.05) is 12.0 Å². The SMILES string of the molecule is C#CC[C@@]1([C@@]2(NC(=O)OC(C)(C)C)C(=O)N(Cc3ccccc3)c3ccc(OC)cc32)C(=O)N(c2ccccc2)N=C1C. The number of fused-ring (bicyclic) bond motifs is 1. The van der Waals surface area contributed by atoms with Gasteiger partial charge >= 0.3 is 6.09 Å². The third-order valence-electron chi connectivity index (χ3n) is 7.77. The van der Waals surface area contributed by atoms with E-state index in [2.05, 4.69) is 16.3 Å². The number of para-hydroxylation sites is 1. The number of hydrogen-bond acceptors (Lipinski definition) is 6. The number of carbonyl (C=O) groups excluding carboxylic acids is 3. The number of methoxy groups -OCH3 is 1. The zero-order valence-electron chi connectivity index (χ0n) is 24.9. The Morgan fingerprint density at radius 2 is 1.65 bits per heavy atom. The molecule has 3 aromatic carbocycles. The van der Waals surface area contributed by atoms with Crippen LogP contribution < -0.4 is 20.0 Å². The highest BCUT2D eigenvalue weighted by Gasteiger charge is 2.72. The third kappa shape index (κ3) is 4.79. The predicted octanol–water partition coefficient (Wildman–Crippen LogP) is 5.39. The number of ether oxygens (including phenoxy) is 2. The Hall–Kier alpha value is -5.10. The molecule has 3 amide bonds. The monoisotopic (exact) mass is 578 g/mol. The maximum Gasteiger partial charge on any atom is 0.408 e. The van der Waals surface area contributed by atoms with Crippen LogP contribution in [0.1, 0.15) is 45.2 Å². The Balaban J connectivity index is 1.80. The Labute approximate surface area is 251 Å². The van der Waals surface area contributed by atoms with E-state index in [9.17, 15) is 9.59 Å².